The van der Waals surface area contributed by atoms with Gasteiger partial charge in [0.2, 0.25) is 0 Å². The van der Waals surface area contributed by atoms with Crippen LogP contribution in [0.4, 0.5) is 0 Å². The summed E-state index contributed by atoms with van der Waals surface area (Å²) >= 11 is 0. The Morgan fingerprint density at radius 3 is 2.18 bits per heavy atom. The minimum Gasteiger partial charge on any atom is -0.303 e. The summed E-state index contributed by atoms with van der Waals surface area (Å²) in [6.07, 6.45) is 13.0. The van der Waals surface area contributed by atoms with Gasteiger partial charge in [0.05, 0.1) is 0 Å². The number of carbonyl (C=O) groups excluding carboxylic acids is 1. The van der Waals surface area contributed by atoms with Gasteiger partial charge in [-0.1, -0.05) is 43.4 Å². The lowest BCUT2D eigenvalue weighted by molar-refractivity contribution is -0.111. The SMILES string of the molecule is CC(C=O)C1C=CC=CC=C1. The predicted molar refractivity (Wildman–Crippen MR) is 46.1 cm³/mol. The second kappa shape index (κ2) is 3.91. The van der Waals surface area contributed by atoms with Crippen LogP contribution in [0.15, 0.2) is 36.5 Å². The first-order chi connectivity index (χ1) is 5.34. The summed E-state index contributed by atoms with van der Waals surface area (Å²) < 4.78 is 0. The van der Waals surface area contributed by atoms with E-state index >= 15 is 0 Å². The fraction of sp³-hybridized carbons (Fsp3) is 0.300. The fourth-order valence-corrected chi connectivity index (χ4v) is 1.02. The van der Waals surface area contributed by atoms with E-state index in [4.69, 9.17) is 0 Å². The highest BCUT2D eigenvalue weighted by Gasteiger charge is 2.09. The molecule has 0 heterocycles. The second-order valence-electron chi connectivity index (χ2n) is 2.73. The van der Waals surface area contributed by atoms with Crippen molar-refractivity contribution in [1.29, 1.82) is 0 Å². The Balaban J connectivity index is 2.66. The maximum Gasteiger partial charge on any atom is 0.123 e. The van der Waals surface area contributed by atoms with Crippen LogP contribution in [0, 0.1) is 11.8 Å². The average Bonchev–Trinajstić information content (AvgIpc) is 2.30. The van der Waals surface area contributed by atoms with Crippen LogP contribution in [0.5, 0.6) is 0 Å². The zero-order chi connectivity index (χ0) is 8.10. The van der Waals surface area contributed by atoms with Crippen molar-refractivity contribution in [3.05, 3.63) is 36.5 Å². The van der Waals surface area contributed by atoms with E-state index in [2.05, 4.69) is 0 Å². The first-order valence-electron chi connectivity index (χ1n) is 3.81. The molecule has 0 fully saturated rings. The molecule has 0 bridgehead atoms. The zero-order valence-corrected chi connectivity index (χ0v) is 6.60. The Bertz CT molecular complexity index is 195. The first kappa shape index (κ1) is 7.99. The lowest BCUT2D eigenvalue weighted by atomic mass is 9.95. The van der Waals surface area contributed by atoms with E-state index in [9.17, 15) is 4.79 Å². The second-order valence-corrected chi connectivity index (χ2v) is 2.73. The molecule has 0 spiro atoms. The van der Waals surface area contributed by atoms with Gasteiger partial charge in [-0.2, -0.15) is 0 Å². The van der Waals surface area contributed by atoms with Crippen LogP contribution in [-0.4, -0.2) is 6.29 Å². The third-order valence-electron chi connectivity index (χ3n) is 1.82. The van der Waals surface area contributed by atoms with Gasteiger partial charge in [0.25, 0.3) is 0 Å². The highest BCUT2D eigenvalue weighted by molar-refractivity contribution is 5.54. The summed E-state index contributed by atoms with van der Waals surface area (Å²) in [6, 6.07) is 0. The van der Waals surface area contributed by atoms with E-state index < -0.39 is 0 Å². The molecule has 11 heavy (non-hydrogen) atoms. The normalized spacial score (nSPS) is 19.7. The Morgan fingerprint density at radius 2 is 1.73 bits per heavy atom. The third-order valence-corrected chi connectivity index (χ3v) is 1.82. The molecule has 1 nitrogen and oxygen atoms in total. The van der Waals surface area contributed by atoms with E-state index in [0.717, 1.165) is 6.29 Å². The molecule has 1 rings (SSSR count). The maximum atomic E-state index is 10.4. The first-order valence-corrected chi connectivity index (χ1v) is 3.81. The molecule has 0 amide bonds. The van der Waals surface area contributed by atoms with Crippen molar-refractivity contribution in [2.75, 3.05) is 0 Å². The summed E-state index contributed by atoms with van der Waals surface area (Å²) in [5.41, 5.74) is 0. The Kier molecular flexibility index (Phi) is 2.84. The summed E-state index contributed by atoms with van der Waals surface area (Å²) in [5.74, 6) is 0.352. The molecule has 0 aromatic heterocycles. The number of allylic oxidation sites excluding steroid dienone is 6. The Morgan fingerprint density at radius 1 is 1.18 bits per heavy atom. The van der Waals surface area contributed by atoms with Crippen molar-refractivity contribution in [3.63, 3.8) is 0 Å². The Labute approximate surface area is 67.1 Å². The lowest BCUT2D eigenvalue weighted by Crippen LogP contribution is -2.06. The predicted octanol–water partition coefficient (Wildman–Crippen LogP) is 2.12. The van der Waals surface area contributed by atoms with Gasteiger partial charge >= 0.3 is 0 Å². The molecule has 0 N–H and O–H groups in total. The molecule has 0 aliphatic heterocycles. The molecule has 0 aromatic carbocycles. The van der Waals surface area contributed by atoms with Crippen LogP contribution in [0.25, 0.3) is 0 Å². The average molecular weight is 148 g/mol. The largest absolute Gasteiger partial charge is 0.303 e. The van der Waals surface area contributed by atoms with Crippen LogP contribution in [0.1, 0.15) is 6.92 Å². The van der Waals surface area contributed by atoms with E-state index in [1.807, 2.05) is 43.4 Å². The molecular weight excluding hydrogens is 136 g/mol. The van der Waals surface area contributed by atoms with E-state index in [0.29, 0.717) is 0 Å². The van der Waals surface area contributed by atoms with Crippen molar-refractivity contribution < 1.29 is 4.79 Å². The van der Waals surface area contributed by atoms with Crippen molar-refractivity contribution in [2.45, 2.75) is 6.92 Å². The molecule has 0 saturated carbocycles. The van der Waals surface area contributed by atoms with E-state index in [1.54, 1.807) is 0 Å². The minimum absolute atomic E-state index is 0.0856. The van der Waals surface area contributed by atoms with Gasteiger partial charge in [0.1, 0.15) is 6.29 Å². The van der Waals surface area contributed by atoms with Crippen molar-refractivity contribution in [3.8, 4) is 0 Å². The zero-order valence-electron chi connectivity index (χ0n) is 6.60. The monoisotopic (exact) mass is 148 g/mol. The highest BCUT2D eigenvalue weighted by Crippen LogP contribution is 2.14. The molecule has 1 unspecified atom stereocenters. The number of hydrogen-bond donors (Lipinski definition) is 0. The number of rotatable bonds is 2. The number of aldehydes is 1. The molecule has 0 saturated heterocycles. The van der Waals surface area contributed by atoms with Gasteiger partial charge in [0.15, 0.2) is 0 Å². The molecule has 58 valence electrons. The van der Waals surface area contributed by atoms with Gasteiger partial charge in [0, 0.05) is 11.8 Å². The highest BCUT2D eigenvalue weighted by atomic mass is 16.1. The van der Waals surface area contributed by atoms with Gasteiger partial charge in [-0.25, -0.2) is 0 Å². The van der Waals surface area contributed by atoms with Crippen molar-refractivity contribution in [1.82, 2.24) is 0 Å². The molecule has 1 atom stereocenters. The topological polar surface area (TPSA) is 17.1 Å². The summed E-state index contributed by atoms with van der Waals surface area (Å²) in [6.45, 7) is 1.93. The van der Waals surface area contributed by atoms with Gasteiger partial charge < -0.3 is 4.79 Å². The Hall–Kier alpha value is -1.11. The summed E-state index contributed by atoms with van der Waals surface area (Å²) in [7, 11) is 0. The quantitative estimate of drug-likeness (QED) is 0.548. The lowest BCUT2D eigenvalue weighted by Gasteiger charge is -2.08. The van der Waals surface area contributed by atoms with Crippen LogP contribution in [0.2, 0.25) is 0 Å². The molecule has 0 radical (unpaired) electrons. The van der Waals surface area contributed by atoms with Gasteiger partial charge in [-0.15, -0.1) is 0 Å². The number of hydrogen-bond acceptors (Lipinski definition) is 1. The smallest absolute Gasteiger partial charge is 0.123 e. The van der Waals surface area contributed by atoms with Gasteiger partial charge in [-0.05, 0) is 0 Å². The minimum atomic E-state index is 0.0856. The van der Waals surface area contributed by atoms with E-state index in [-0.39, 0.29) is 11.8 Å². The number of carbonyl (C=O) groups is 1. The van der Waals surface area contributed by atoms with E-state index in [1.165, 1.54) is 0 Å². The van der Waals surface area contributed by atoms with Crippen molar-refractivity contribution >= 4 is 6.29 Å². The molecule has 1 aliphatic carbocycles. The molecular formula is C10H12O. The summed E-state index contributed by atoms with van der Waals surface area (Å²) in [5, 5.41) is 0. The van der Waals surface area contributed by atoms with Crippen LogP contribution >= 0.6 is 0 Å². The fourth-order valence-electron chi connectivity index (χ4n) is 1.02. The molecule has 1 aliphatic rings. The van der Waals surface area contributed by atoms with Crippen LogP contribution in [-0.2, 0) is 4.79 Å². The molecule has 1 heteroatoms. The van der Waals surface area contributed by atoms with Crippen molar-refractivity contribution in [2.24, 2.45) is 11.8 Å². The maximum absolute atomic E-state index is 10.4. The van der Waals surface area contributed by atoms with Crippen LogP contribution in [0.3, 0.4) is 0 Å². The van der Waals surface area contributed by atoms with Crippen LogP contribution < -0.4 is 0 Å². The molecule has 0 aromatic rings. The van der Waals surface area contributed by atoms with Gasteiger partial charge in [-0.3, -0.25) is 0 Å². The summed E-state index contributed by atoms with van der Waals surface area (Å²) in [4.78, 5) is 10.4. The standard InChI is InChI=1S/C10H12O/c1-9(8-11)10-6-4-2-3-5-7-10/h2-10H,1H3. The third kappa shape index (κ3) is 2.19.